The van der Waals surface area contributed by atoms with Crippen molar-refractivity contribution in [2.45, 2.75) is 6.42 Å². The van der Waals surface area contributed by atoms with Crippen molar-refractivity contribution in [1.29, 1.82) is 0 Å². The fourth-order valence-electron chi connectivity index (χ4n) is 3.50. The van der Waals surface area contributed by atoms with Gasteiger partial charge in [0.05, 0.1) is 29.3 Å². The lowest BCUT2D eigenvalue weighted by molar-refractivity contribution is -0.136. The van der Waals surface area contributed by atoms with Gasteiger partial charge < -0.3 is 15.1 Å². The second-order valence-corrected chi connectivity index (χ2v) is 9.32. The van der Waals surface area contributed by atoms with Gasteiger partial charge in [-0.3, -0.25) is 4.79 Å². The normalized spacial score (nSPS) is 21.2. The summed E-state index contributed by atoms with van der Waals surface area (Å²) < 4.78 is 24.7. The summed E-state index contributed by atoms with van der Waals surface area (Å²) >= 11 is 0. The third-order valence-corrected chi connectivity index (χ3v) is 6.88. The summed E-state index contributed by atoms with van der Waals surface area (Å²) in [7, 11) is -3.09. The van der Waals surface area contributed by atoms with Gasteiger partial charge >= 0.3 is 6.03 Å². The molecule has 2 aromatic rings. The lowest BCUT2D eigenvalue weighted by atomic mass is 10.1. The molecule has 11 nitrogen and oxygen atoms in total. The first kappa shape index (κ1) is 19.3. The molecule has 0 bridgehead atoms. The second-order valence-electron chi connectivity index (χ2n) is 7.09. The van der Waals surface area contributed by atoms with Crippen molar-refractivity contribution in [3.63, 3.8) is 0 Å². The van der Waals surface area contributed by atoms with Gasteiger partial charge in [0.25, 0.3) is 0 Å². The monoisotopic (exact) mass is 419 g/mol. The number of aromatic nitrogens is 4. The molecule has 154 valence electrons. The quantitative estimate of drug-likeness (QED) is 0.727. The first-order chi connectivity index (χ1) is 13.9. The molecule has 4 heterocycles. The summed E-state index contributed by atoms with van der Waals surface area (Å²) in [5, 5.41) is 6.78. The Labute approximate surface area is 167 Å². The molecule has 0 spiro atoms. The summed E-state index contributed by atoms with van der Waals surface area (Å²) in [5.41, 5.74) is 0.550. The van der Waals surface area contributed by atoms with E-state index in [4.69, 9.17) is 0 Å². The molecule has 2 aliphatic rings. The van der Waals surface area contributed by atoms with Crippen LogP contribution < -0.4 is 5.32 Å². The van der Waals surface area contributed by atoms with E-state index in [1.165, 1.54) is 23.5 Å². The molecule has 1 N–H and O–H groups in total. The Bertz CT molecular complexity index is 983. The molecule has 1 unspecified atom stereocenters. The molecular formula is C17H21N7O4S. The largest absolute Gasteiger partial charge is 0.339 e. The third-order valence-electron chi connectivity index (χ3n) is 5.11. The number of piperazine rings is 1. The maximum Gasteiger partial charge on any atom is 0.322 e. The van der Waals surface area contributed by atoms with Gasteiger partial charge in [0.2, 0.25) is 5.91 Å². The van der Waals surface area contributed by atoms with Gasteiger partial charge in [-0.05, 0) is 18.6 Å². The van der Waals surface area contributed by atoms with Crippen molar-refractivity contribution in [2.24, 2.45) is 5.92 Å². The van der Waals surface area contributed by atoms with Crippen LogP contribution in [0.5, 0.6) is 0 Å². The third kappa shape index (κ3) is 4.36. The van der Waals surface area contributed by atoms with Crippen molar-refractivity contribution in [2.75, 3.05) is 43.0 Å². The highest BCUT2D eigenvalue weighted by Crippen LogP contribution is 2.21. The molecule has 12 heteroatoms. The van der Waals surface area contributed by atoms with Gasteiger partial charge in [0.15, 0.2) is 15.7 Å². The molecule has 29 heavy (non-hydrogen) atoms. The Kier molecular flexibility index (Phi) is 5.18. The van der Waals surface area contributed by atoms with Crippen molar-refractivity contribution in [3.8, 4) is 5.82 Å². The molecular weight excluding hydrogens is 398 g/mol. The topological polar surface area (TPSA) is 130 Å². The van der Waals surface area contributed by atoms with Gasteiger partial charge in [-0.1, -0.05) is 0 Å². The predicted molar refractivity (Wildman–Crippen MR) is 103 cm³/mol. The van der Waals surface area contributed by atoms with Crippen LogP contribution in [-0.2, 0) is 14.6 Å². The first-order valence-corrected chi connectivity index (χ1v) is 11.1. The maximum absolute atomic E-state index is 12.5. The van der Waals surface area contributed by atoms with E-state index in [0.29, 0.717) is 44.1 Å². The highest BCUT2D eigenvalue weighted by atomic mass is 32.2. The van der Waals surface area contributed by atoms with E-state index >= 15 is 0 Å². The summed E-state index contributed by atoms with van der Waals surface area (Å²) in [5.74, 6) is 0.0233. The van der Waals surface area contributed by atoms with Crippen molar-refractivity contribution in [3.05, 3.63) is 31.0 Å². The van der Waals surface area contributed by atoms with Crippen LogP contribution in [0.1, 0.15) is 6.42 Å². The lowest BCUT2D eigenvalue weighted by Crippen LogP contribution is -2.53. The van der Waals surface area contributed by atoms with Gasteiger partial charge in [-0.25, -0.2) is 27.9 Å². The average Bonchev–Trinajstić information content (AvgIpc) is 3.38. The number of amides is 3. The van der Waals surface area contributed by atoms with Crippen LogP contribution in [-0.4, -0.2) is 87.6 Å². The van der Waals surface area contributed by atoms with Crippen LogP contribution in [0.2, 0.25) is 0 Å². The molecule has 2 fully saturated rings. The highest BCUT2D eigenvalue weighted by molar-refractivity contribution is 7.91. The fourth-order valence-corrected chi connectivity index (χ4v) is 5.24. The molecule has 4 rings (SSSR count). The molecule has 1 atom stereocenters. The molecule has 2 saturated heterocycles. The molecule has 0 radical (unpaired) electrons. The number of urea groups is 1. The van der Waals surface area contributed by atoms with Crippen LogP contribution >= 0.6 is 0 Å². The minimum Gasteiger partial charge on any atom is -0.339 e. The van der Waals surface area contributed by atoms with Gasteiger partial charge in [0.1, 0.15) is 12.7 Å². The minimum atomic E-state index is -3.09. The number of rotatable bonds is 3. The van der Waals surface area contributed by atoms with E-state index in [1.54, 1.807) is 21.9 Å². The Balaban J connectivity index is 1.28. The van der Waals surface area contributed by atoms with Gasteiger partial charge in [-0.15, -0.1) is 0 Å². The Hall–Kier alpha value is -3.02. The summed E-state index contributed by atoms with van der Waals surface area (Å²) in [6.07, 6.45) is 4.87. The number of nitrogens with zero attached hydrogens (tertiary/aromatic N) is 6. The smallest absolute Gasteiger partial charge is 0.322 e. The molecule has 3 amide bonds. The number of anilines is 1. The molecule has 0 saturated carbocycles. The van der Waals surface area contributed by atoms with Gasteiger partial charge in [-0.2, -0.15) is 5.10 Å². The highest BCUT2D eigenvalue weighted by Gasteiger charge is 2.36. The number of hydrogen-bond donors (Lipinski definition) is 1. The van der Waals surface area contributed by atoms with E-state index in [2.05, 4.69) is 20.4 Å². The standard InChI is InChI=1S/C17H21N7O4S/c25-16(13-3-8-29(27,28)10-13)22-4-6-23(7-5-22)17(26)21-14-1-2-15(19-9-14)24-12-18-11-20-24/h1-2,9,11-13H,3-8,10H2,(H,21,26). The van der Waals surface area contributed by atoms with E-state index in [1.807, 2.05) is 0 Å². The Morgan fingerprint density at radius 3 is 2.45 bits per heavy atom. The zero-order valence-corrected chi connectivity index (χ0v) is 16.5. The molecule has 0 aromatic carbocycles. The summed E-state index contributed by atoms with van der Waals surface area (Å²) in [4.78, 5) is 36.4. The maximum atomic E-state index is 12.5. The number of hydrogen-bond acceptors (Lipinski definition) is 7. The predicted octanol–water partition coefficient (Wildman–Crippen LogP) is -0.227. The van der Waals surface area contributed by atoms with Crippen LogP contribution in [0.25, 0.3) is 5.82 Å². The van der Waals surface area contributed by atoms with Crippen LogP contribution in [0, 0.1) is 5.92 Å². The van der Waals surface area contributed by atoms with Crippen LogP contribution in [0.3, 0.4) is 0 Å². The Morgan fingerprint density at radius 2 is 1.86 bits per heavy atom. The van der Waals surface area contributed by atoms with E-state index in [-0.39, 0.29) is 23.4 Å². The molecule has 2 aliphatic heterocycles. The minimum absolute atomic E-state index is 0.0654. The van der Waals surface area contributed by atoms with Crippen LogP contribution in [0.4, 0.5) is 10.5 Å². The molecule has 0 aliphatic carbocycles. The zero-order chi connectivity index (χ0) is 20.4. The van der Waals surface area contributed by atoms with Crippen molar-refractivity contribution >= 4 is 27.5 Å². The molecule has 2 aromatic heterocycles. The number of nitrogens with one attached hydrogen (secondary N) is 1. The number of sulfone groups is 1. The van der Waals surface area contributed by atoms with Crippen LogP contribution in [0.15, 0.2) is 31.0 Å². The summed E-state index contributed by atoms with van der Waals surface area (Å²) in [6.45, 7) is 1.57. The number of carbonyl (C=O) groups excluding carboxylic acids is 2. The Morgan fingerprint density at radius 1 is 1.10 bits per heavy atom. The first-order valence-electron chi connectivity index (χ1n) is 9.27. The number of pyridine rings is 1. The van der Waals surface area contributed by atoms with E-state index in [0.717, 1.165) is 0 Å². The SMILES string of the molecule is O=C(Nc1ccc(-n2cncn2)nc1)N1CCN(C(=O)C2CCS(=O)(=O)C2)CC1. The van der Waals surface area contributed by atoms with Crippen molar-refractivity contribution in [1.82, 2.24) is 29.5 Å². The average molecular weight is 419 g/mol. The van der Waals surface area contributed by atoms with Gasteiger partial charge in [0, 0.05) is 26.2 Å². The zero-order valence-electron chi connectivity index (χ0n) is 15.6. The second kappa shape index (κ2) is 7.78. The lowest BCUT2D eigenvalue weighted by Gasteiger charge is -2.35. The van der Waals surface area contributed by atoms with E-state index < -0.39 is 15.8 Å². The van der Waals surface area contributed by atoms with Crippen molar-refractivity contribution < 1.29 is 18.0 Å². The van der Waals surface area contributed by atoms with E-state index in [9.17, 15) is 18.0 Å². The summed E-state index contributed by atoms with van der Waals surface area (Å²) in [6, 6.07) is 3.18. The number of carbonyl (C=O) groups is 2. The fraction of sp³-hybridized carbons (Fsp3) is 0.471.